The van der Waals surface area contributed by atoms with Crippen LogP contribution in [-0.4, -0.2) is 26.3 Å². The Labute approximate surface area is 103 Å². The lowest BCUT2D eigenvalue weighted by Crippen LogP contribution is -2.31. The van der Waals surface area contributed by atoms with Crippen molar-refractivity contribution in [2.75, 3.05) is 26.3 Å². The molecule has 0 aromatic heterocycles. The van der Waals surface area contributed by atoms with Crippen molar-refractivity contribution >= 4 is 0 Å². The number of nitrogens with one attached hydrogen (secondary N) is 1. The van der Waals surface area contributed by atoms with Gasteiger partial charge in [-0.05, 0) is 49.4 Å². The minimum atomic E-state index is 0.652. The maximum Gasteiger partial charge on any atom is 0.0557 e. The van der Waals surface area contributed by atoms with Gasteiger partial charge < -0.3 is 10.1 Å². The van der Waals surface area contributed by atoms with E-state index in [-0.39, 0.29) is 0 Å². The quantitative estimate of drug-likeness (QED) is 0.862. The second-order valence-corrected chi connectivity index (χ2v) is 5.40. The van der Waals surface area contributed by atoms with E-state index in [9.17, 15) is 0 Å². The Balaban J connectivity index is 1.65. The first-order valence-corrected chi connectivity index (χ1v) is 6.79. The average molecular weight is 231 g/mol. The summed E-state index contributed by atoms with van der Waals surface area (Å²) in [5, 5.41) is 3.49. The Morgan fingerprint density at radius 1 is 1.29 bits per heavy atom. The van der Waals surface area contributed by atoms with Crippen molar-refractivity contribution in [2.24, 2.45) is 5.92 Å². The summed E-state index contributed by atoms with van der Waals surface area (Å²) in [5.74, 6) is 1.48. The van der Waals surface area contributed by atoms with Gasteiger partial charge in [0.05, 0.1) is 13.2 Å². The summed E-state index contributed by atoms with van der Waals surface area (Å²) in [4.78, 5) is 0. The summed E-state index contributed by atoms with van der Waals surface area (Å²) in [6, 6.07) is 9.12. The van der Waals surface area contributed by atoms with Crippen molar-refractivity contribution in [3.05, 3.63) is 35.4 Å². The monoisotopic (exact) mass is 231 g/mol. The minimum Gasteiger partial charge on any atom is -0.380 e. The number of hydrogen-bond donors (Lipinski definition) is 1. The molecule has 2 aliphatic heterocycles. The van der Waals surface area contributed by atoms with Gasteiger partial charge in [-0.1, -0.05) is 24.3 Å². The normalized spacial score (nSPS) is 25.5. The van der Waals surface area contributed by atoms with Crippen LogP contribution in [0.25, 0.3) is 0 Å². The Morgan fingerprint density at radius 2 is 2.24 bits per heavy atom. The number of benzene rings is 1. The lowest BCUT2D eigenvalue weighted by atomic mass is 9.89. The molecule has 17 heavy (non-hydrogen) atoms. The van der Waals surface area contributed by atoms with E-state index in [4.69, 9.17) is 4.74 Å². The van der Waals surface area contributed by atoms with Gasteiger partial charge in [0.2, 0.25) is 0 Å². The highest BCUT2D eigenvalue weighted by Gasteiger charge is 2.21. The molecule has 1 N–H and O–H groups in total. The van der Waals surface area contributed by atoms with Gasteiger partial charge in [0.25, 0.3) is 0 Å². The summed E-state index contributed by atoms with van der Waals surface area (Å²) < 4.78 is 5.27. The first-order chi connectivity index (χ1) is 8.42. The molecule has 2 fully saturated rings. The lowest BCUT2D eigenvalue weighted by molar-refractivity contribution is 0.00839. The van der Waals surface area contributed by atoms with Crippen LogP contribution in [0.3, 0.4) is 0 Å². The summed E-state index contributed by atoms with van der Waals surface area (Å²) in [7, 11) is 0. The fourth-order valence-corrected chi connectivity index (χ4v) is 2.83. The van der Waals surface area contributed by atoms with Crippen LogP contribution in [-0.2, 0) is 11.2 Å². The van der Waals surface area contributed by atoms with Crippen LogP contribution >= 0.6 is 0 Å². The third kappa shape index (κ3) is 2.70. The molecule has 1 atom stereocenters. The summed E-state index contributed by atoms with van der Waals surface area (Å²) in [6.45, 7) is 4.22. The molecule has 1 aromatic rings. The predicted molar refractivity (Wildman–Crippen MR) is 69.3 cm³/mol. The van der Waals surface area contributed by atoms with E-state index in [0.29, 0.717) is 5.92 Å². The van der Waals surface area contributed by atoms with E-state index in [0.717, 1.165) is 19.1 Å². The first kappa shape index (κ1) is 11.2. The number of piperidine rings is 1. The second-order valence-electron chi connectivity index (χ2n) is 5.40. The fraction of sp³-hybridized carbons (Fsp3) is 0.600. The molecule has 0 spiro atoms. The van der Waals surface area contributed by atoms with Crippen molar-refractivity contribution in [3.63, 3.8) is 0 Å². The summed E-state index contributed by atoms with van der Waals surface area (Å²) in [6.07, 6.45) is 3.94. The van der Waals surface area contributed by atoms with Gasteiger partial charge in [-0.2, -0.15) is 0 Å². The van der Waals surface area contributed by atoms with E-state index >= 15 is 0 Å². The van der Waals surface area contributed by atoms with Gasteiger partial charge >= 0.3 is 0 Å². The number of rotatable bonds is 3. The van der Waals surface area contributed by atoms with E-state index in [1.54, 1.807) is 0 Å². The second kappa shape index (κ2) is 5.19. The molecule has 2 heterocycles. The zero-order valence-corrected chi connectivity index (χ0v) is 10.3. The molecule has 0 radical (unpaired) electrons. The topological polar surface area (TPSA) is 21.3 Å². The Kier molecular flexibility index (Phi) is 3.44. The molecule has 3 rings (SSSR count). The van der Waals surface area contributed by atoms with Crippen LogP contribution in [0, 0.1) is 5.92 Å². The van der Waals surface area contributed by atoms with Crippen LogP contribution in [0.1, 0.15) is 29.9 Å². The zero-order valence-electron chi connectivity index (χ0n) is 10.3. The number of ether oxygens (including phenoxy) is 1. The highest BCUT2D eigenvalue weighted by molar-refractivity contribution is 5.28. The fourth-order valence-electron chi connectivity index (χ4n) is 2.83. The molecule has 0 bridgehead atoms. The van der Waals surface area contributed by atoms with Crippen LogP contribution in [0.5, 0.6) is 0 Å². The molecule has 2 heteroatoms. The maximum atomic E-state index is 5.27. The molecule has 0 amide bonds. The Hall–Kier alpha value is -0.860. The van der Waals surface area contributed by atoms with E-state index in [2.05, 4.69) is 29.6 Å². The number of hydrogen-bond acceptors (Lipinski definition) is 2. The molecule has 1 aromatic carbocycles. The molecule has 2 saturated heterocycles. The van der Waals surface area contributed by atoms with Crippen LogP contribution < -0.4 is 5.32 Å². The standard InChI is InChI=1S/C15H21NO/c1-3-12(7-13-4-2-6-16-9-13)8-14(5-1)15-10-17-11-15/h1,3,5,8,13,15-16H,2,4,6-7,9-11H2. The van der Waals surface area contributed by atoms with Crippen LogP contribution in [0.2, 0.25) is 0 Å². The highest BCUT2D eigenvalue weighted by atomic mass is 16.5. The van der Waals surface area contributed by atoms with Gasteiger partial charge in [0.15, 0.2) is 0 Å². The predicted octanol–water partition coefficient (Wildman–Crippen LogP) is 2.34. The largest absolute Gasteiger partial charge is 0.380 e. The molecule has 2 nitrogen and oxygen atoms in total. The molecule has 92 valence electrons. The molecular weight excluding hydrogens is 210 g/mol. The lowest BCUT2D eigenvalue weighted by Gasteiger charge is -2.27. The van der Waals surface area contributed by atoms with E-state index in [1.807, 2.05) is 0 Å². The third-order valence-corrected chi connectivity index (χ3v) is 3.98. The average Bonchev–Trinajstić information content (AvgIpc) is 2.28. The summed E-state index contributed by atoms with van der Waals surface area (Å²) in [5.41, 5.74) is 2.97. The van der Waals surface area contributed by atoms with Gasteiger partial charge in [-0.25, -0.2) is 0 Å². The van der Waals surface area contributed by atoms with Crippen LogP contribution in [0.4, 0.5) is 0 Å². The molecular formula is C15H21NO. The molecule has 1 unspecified atom stereocenters. The zero-order chi connectivity index (χ0) is 11.5. The van der Waals surface area contributed by atoms with Crippen molar-refractivity contribution in [3.8, 4) is 0 Å². The van der Waals surface area contributed by atoms with E-state index in [1.165, 1.54) is 43.5 Å². The SMILES string of the molecule is c1cc(CC2CCCNC2)cc(C2COC2)c1. The van der Waals surface area contributed by atoms with Crippen LogP contribution in [0.15, 0.2) is 24.3 Å². The van der Waals surface area contributed by atoms with Crippen molar-refractivity contribution in [1.29, 1.82) is 0 Å². The first-order valence-electron chi connectivity index (χ1n) is 6.79. The third-order valence-electron chi connectivity index (χ3n) is 3.98. The highest BCUT2D eigenvalue weighted by Crippen LogP contribution is 2.25. The van der Waals surface area contributed by atoms with Gasteiger partial charge in [0, 0.05) is 5.92 Å². The minimum absolute atomic E-state index is 0.652. The summed E-state index contributed by atoms with van der Waals surface area (Å²) >= 11 is 0. The van der Waals surface area contributed by atoms with Gasteiger partial charge in [-0.3, -0.25) is 0 Å². The van der Waals surface area contributed by atoms with Gasteiger partial charge in [0.1, 0.15) is 0 Å². The molecule has 2 aliphatic rings. The van der Waals surface area contributed by atoms with Gasteiger partial charge in [-0.15, -0.1) is 0 Å². The Morgan fingerprint density at radius 3 is 2.94 bits per heavy atom. The molecule has 0 aliphatic carbocycles. The molecule has 0 saturated carbocycles. The Bertz CT molecular complexity index is 367. The maximum absolute atomic E-state index is 5.27. The van der Waals surface area contributed by atoms with Crippen molar-refractivity contribution in [1.82, 2.24) is 5.32 Å². The van der Waals surface area contributed by atoms with Crippen molar-refractivity contribution < 1.29 is 4.74 Å². The van der Waals surface area contributed by atoms with E-state index < -0.39 is 0 Å². The smallest absolute Gasteiger partial charge is 0.0557 e. The van der Waals surface area contributed by atoms with Crippen molar-refractivity contribution in [2.45, 2.75) is 25.2 Å².